The Bertz CT molecular complexity index is 482. The van der Waals surface area contributed by atoms with Gasteiger partial charge in [0.2, 0.25) is 0 Å². The molecule has 2 heterocycles. The third-order valence-electron chi connectivity index (χ3n) is 3.93. The normalized spacial score (nSPS) is 26.8. The number of nitrogens with zero attached hydrogens (tertiary/aromatic N) is 2. The number of aromatic nitrogens is 2. The molecule has 0 bridgehead atoms. The van der Waals surface area contributed by atoms with Crippen LogP contribution in [0.1, 0.15) is 38.1 Å². The molecule has 0 N–H and O–H groups in total. The first-order chi connectivity index (χ1) is 8.19. The lowest BCUT2D eigenvalue weighted by atomic mass is 9.74. The Morgan fingerprint density at radius 2 is 2.35 bits per heavy atom. The maximum Gasteiger partial charge on any atom is 0.255 e. The van der Waals surface area contributed by atoms with Crippen molar-refractivity contribution in [2.45, 2.75) is 43.7 Å². The molecule has 1 spiro atoms. The maximum absolute atomic E-state index is 11.9. The number of rotatable bonds is 1. The second-order valence-corrected chi connectivity index (χ2v) is 5.38. The van der Waals surface area contributed by atoms with E-state index in [-0.39, 0.29) is 22.4 Å². The molecule has 1 unspecified atom stereocenters. The van der Waals surface area contributed by atoms with Gasteiger partial charge >= 0.3 is 0 Å². The summed E-state index contributed by atoms with van der Waals surface area (Å²) in [5.41, 5.74) is -0.0199. The first-order valence-corrected chi connectivity index (χ1v) is 6.44. The molecule has 92 valence electrons. The highest BCUT2D eigenvalue weighted by atomic mass is 35.5. The van der Waals surface area contributed by atoms with E-state index >= 15 is 0 Å². The Balaban J connectivity index is 1.86. The molecule has 1 aliphatic heterocycles. The molecule has 17 heavy (non-hydrogen) atoms. The fraction of sp³-hybridized carbons (Fsp3) is 0.667. The van der Waals surface area contributed by atoms with Crippen molar-refractivity contribution >= 4 is 11.6 Å². The molecule has 5 heteroatoms. The molecule has 1 aromatic heterocycles. The summed E-state index contributed by atoms with van der Waals surface area (Å²) in [5.74, 6) is 0. The van der Waals surface area contributed by atoms with Crippen LogP contribution in [0.3, 0.4) is 0 Å². The highest BCUT2D eigenvalue weighted by molar-refractivity contribution is 6.29. The molecular formula is C12H15ClN2O2. The fourth-order valence-electron chi connectivity index (χ4n) is 2.82. The van der Waals surface area contributed by atoms with Gasteiger partial charge in [-0.2, -0.15) is 0 Å². The lowest BCUT2D eigenvalue weighted by Crippen LogP contribution is -2.47. The van der Waals surface area contributed by atoms with Crippen molar-refractivity contribution in [3.05, 3.63) is 27.9 Å². The van der Waals surface area contributed by atoms with Crippen LogP contribution in [0.2, 0.25) is 5.15 Å². The summed E-state index contributed by atoms with van der Waals surface area (Å²) in [5, 5.41) is 0.261. The number of hydrogen-bond donors (Lipinski definition) is 0. The molecule has 1 aromatic rings. The molecule has 0 amide bonds. The van der Waals surface area contributed by atoms with Crippen molar-refractivity contribution in [2.24, 2.45) is 0 Å². The summed E-state index contributed by atoms with van der Waals surface area (Å²) in [6, 6.07) is 1.59. The van der Waals surface area contributed by atoms with Crippen LogP contribution in [0.15, 0.2) is 17.2 Å². The van der Waals surface area contributed by atoms with Crippen LogP contribution in [-0.4, -0.2) is 21.8 Å². The van der Waals surface area contributed by atoms with Crippen LogP contribution in [0.4, 0.5) is 0 Å². The average Bonchev–Trinajstić information content (AvgIpc) is 2.27. The summed E-state index contributed by atoms with van der Waals surface area (Å²) in [4.78, 5) is 15.8. The van der Waals surface area contributed by atoms with Crippen LogP contribution in [0.25, 0.3) is 0 Å². The molecule has 2 fully saturated rings. The van der Waals surface area contributed by atoms with E-state index in [1.54, 1.807) is 10.9 Å². The molecule has 1 aliphatic carbocycles. The number of ether oxygens (including phenoxy) is 1. The second kappa shape index (κ2) is 4.10. The SMILES string of the molecule is O=c1cc(Cl)ncn1C1CCOC2(CCC2)C1. The fourth-order valence-corrected chi connectivity index (χ4v) is 2.96. The Kier molecular flexibility index (Phi) is 2.71. The Hall–Kier alpha value is -0.870. The van der Waals surface area contributed by atoms with Crippen molar-refractivity contribution in [3.63, 3.8) is 0 Å². The first-order valence-electron chi connectivity index (χ1n) is 6.06. The molecule has 2 aliphatic rings. The molecule has 0 radical (unpaired) electrons. The second-order valence-electron chi connectivity index (χ2n) is 4.99. The molecular weight excluding hydrogens is 240 g/mol. The van der Waals surface area contributed by atoms with Crippen LogP contribution in [0.5, 0.6) is 0 Å². The van der Waals surface area contributed by atoms with E-state index < -0.39 is 0 Å². The Labute approximate surface area is 105 Å². The minimum absolute atomic E-state index is 0.0436. The molecule has 4 nitrogen and oxygen atoms in total. The van der Waals surface area contributed by atoms with Crippen LogP contribution in [0, 0.1) is 0 Å². The van der Waals surface area contributed by atoms with Crippen LogP contribution < -0.4 is 5.56 Å². The van der Waals surface area contributed by atoms with E-state index in [0.717, 1.165) is 32.3 Å². The van der Waals surface area contributed by atoms with Gasteiger partial charge in [-0.3, -0.25) is 9.36 Å². The van der Waals surface area contributed by atoms with Gasteiger partial charge in [-0.25, -0.2) is 4.98 Å². The number of halogens is 1. The zero-order chi connectivity index (χ0) is 11.9. The summed E-state index contributed by atoms with van der Waals surface area (Å²) in [6.07, 6.45) is 6.85. The van der Waals surface area contributed by atoms with E-state index in [0.29, 0.717) is 0 Å². The monoisotopic (exact) mass is 254 g/mol. The van der Waals surface area contributed by atoms with Crippen molar-refractivity contribution in [2.75, 3.05) is 6.61 Å². The van der Waals surface area contributed by atoms with Gasteiger partial charge in [0.15, 0.2) is 0 Å². The summed E-state index contributed by atoms with van der Waals surface area (Å²) in [7, 11) is 0. The van der Waals surface area contributed by atoms with Crippen LogP contribution >= 0.6 is 11.6 Å². The summed E-state index contributed by atoms with van der Waals surface area (Å²) < 4.78 is 7.56. The van der Waals surface area contributed by atoms with Gasteiger partial charge in [0.1, 0.15) is 5.15 Å². The topological polar surface area (TPSA) is 44.1 Å². The minimum atomic E-state index is -0.0635. The standard InChI is InChI=1S/C12H15ClN2O2/c13-10-6-11(16)15(8-14-10)9-2-5-17-12(7-9)3-1-4-12/h6,8-9H,1-5,7H2. The van der Waals surface area contributed by atoms with Crippen molar-refractivity contribution in [1.82, 2.24) is 9.55 Å². The quantitative estimate of drug-likeness (QED) is 0.722. The molecule has 1 saturated carbocycles. The van der Waals surface area contributed by atoms with E-state index in [9.17, 15) is 4.79 Å². The van der Waals surface area contributed by atoms with Crippen molar-refractivity contribution < 1.29 is 4.74 Å². The molecule has 3 rings (SSSR count). The highest BCUT2D eigenvalue weighted by Crippen LogP contribution is 2.45. The van der Waals surface area contributed by atoms with Gasteiger partial charge in [0.05, 0.1) is 11.9 Å². The highest BCUT2D eigenvalue weighted by Gasteiger charge is 2.43. The van der Waals surface area contributed by atoms with Gasteiger partial charge in [-0.05, 0) is 32.1 Å². The van der Waals surface area contributed by atoms with E-state index in [1.807, 2.05) is 0 Å². The zero-order valence-electron chi connectivity index (χ0n) is 9.56. The first kappa shape index (κ1) is 11.2. The summed E-state index contributed by atoms with van der Waals surface area (Å²) >= 11 is 5.70. The molecule has 1 atom stereocenters. The predicted molar refractivity (Wildman–Crippen MR) is 64.3 cm³/mol. The lowest BCUT2D eigenvalue weighted by Gasteiger charge is -2.47. The smallest absolute Gasteiger partial charge is 0.255 e. The maximum atomic E-state index is 11.9. The number of hydrogen-bond acceptors (Lipinski definition) is 3. The zero-order valence-corrected chi connectivity index (χ0v) is 10.3. The minimum Gasteiger partial charge on any atom is -0.375 e. The van der Waals surface area contributed by atoms with E-state index in [4.69, 9.17) is 16.3 Å². The van der Waals surface area contributed by atoms with E-state index in [1.165, 1.54) is 12.5 Å². The van der Waals surface area contributed by atoms with Crippen molar-refractivity contribution in [3.8, 4) is 0 Å². The van der Waals surface area contributed by atoms with Gasteiger partial charge < -0.3 is 4.74 Å². The van der Waals surface area contributed by atoms with Crippen LogP contribution in [-0.2, 0) is 4.74 Å². The summed E-state index contributed by atoms with van der Waals surface area (Å²) in [6.45, 7) is 0.736. The average molecular weight is 255 g/mol. The Morgan fingerprint density at radius 1 is 1.53 bits per heavy atom. The van der Waals surface area contributed by atoms with E-state index in [2.05, 4.69) is 4.98 Å². The largest absolute Gasteiger partial charge is 0.375 e. The lowest BCUT2D eigenvalue weighted by molar-refractivity contribution is -0.140. The van der Waals surface area contributed by atoms with Gasteiger partial charge in [0, 0.05) is 18.7 Å². The predicted octanol–water partition coefficient (Wildman–Crippen LogP) is 2.17. The third-order valence-corrected chi connectivity index (χ3v) is 4.13. The van der Waals surface area contributed by atoms with Gasteiger partial charge in [-0.15, -0.1) is 0 Å². The van der Waals surface area contributed by atoms with Gasteiger partial charge in [0.25, 0.3) is 5.56 Å². The third kappa shape index (κ3) is 2.00. The molecule has 1 saturated heterocycles. The molecule has 0 aromatic carbocycles. The Morgan fingerprint density at radius 3 is 3.00 bits per heavy atom. The van der Waals surface area contributed by atoms with Gasteiger partial charge in [-0.1, -0.05) is 11.6 Å². The van der Waals surface area contributed by atoms with Crippen molar-refractivity contribution in [1.29, 1.82) is 0 Å².